The van der Waals surface area contributed by atoms with E-state index in [1.54, 1.807) is 45.5 Å². The van der Waals surface area contributed by atoms with Gasteiger partial charge in [0, 0.05) is 31.6 Å². The van der Waals surface area contributed by atoms with E-state index in [2.05, 4.69) is 0 Å². The molecule has 1 saturated heterocycles. The maximum absolute atomic E-state index is 14.0. The van der Waals surface area contributed by atoms with Crippen molar-refractivity contribution in [1.82, 2.24) is 4.90 Å². The van der Waals surface area contributed by atoms with Crippen LogP contribution in [0.3, 0.4) is 0 Å². The molecule has 8 nitrogen and oxygen atoms in total. The van der Waals surface area contributed by atoms with Crippen molar-refractivity contribution in [1.29, 1.82) is 0 Å². The standard InChI is InChI=1S/C29H38N2O6/c1-30(20-9-7-6-8-10-20)29(33)23-15-16-26(32)31(27(23)19-11-13-22(34-2)14-12-19)21-17-24(35-3)28(37-5)25(18-21)36-4/h11-14,17-18,20,23,27H,6-10,15-16H2,1-5H3/t23-,27-/m0/s1. The third-order valence-electron chi connectivity index (χ3n) is 7.77. The second-order valence-corrected chi connectivity index (χ2v) is 9.75. The Balaban J connectivity index is 1.80. The minimum Gasteiger partial charge on any atom is -0.497 e. The Morgan fingerprint density at radius 2 is 1.49 bits per heavy atom. The molecule has 2 aromatic carbocycles. The lowest BCUT2D eigenvalue weighted by atomic mass is 9.82. The molecule has 200 valence electrons. The molecule has 1 heterocycles. The lowest BCUT2D eigenvalue weighted by molar-refractivity contribution is -0.139. The van der Waals surface area contributed by atoms with Gasteiger partial charge in [-0.25, -0.2) is 0 Å². The van der Waals surface area contributed by atoms with Crippen LogP contribution in [0, 0.1) is 5.92 Å². The minimum absolute atomic E-state index is 0.0561. The van der Waals surface area contributed by atoms with Gasteiger partial charge in [0.2, 0.25) is 17.6 Å². The summed E-state index contributed by atoms with van der Waals surface area (Å²) in [5.74, 6) is 1.70. The van der Waals surface area contributed by atoms with Crippen LogP contribution in [0.15, 0.2) is 36.4 Å². The fourth-order valence-electron chi connectivity index (χ4n) is 5.75. The highest BCUT2D eigenvalue weighted by Crippen LogP contribution is 2.47. The van der Waals surface area contributed by atoms with Crippen molar-refractivity contribution in [3.05, 3.63) is 42.0 Å². The summed E-state index contributed by atoms with van der Waals surface area (Å²) in [6.07, 6.45) is 6.33. The van der Waals surface area contributed by atoms with E-state index in [4.69, 9.17) is 18.9 Å². The molecule has 0 N–H and O–H groups in total. The van der Waals surface area contributed by atoms with E-state index in [-0.39, 0.29) is 24.3 Å². The number of carbonyl (C=O) groups excluding carboxylic acids is 2. The summed E-state index contributed by atoms with van der Waals surface area (Å²) < 4.78 is 22.0. The molecule has 8 heteroatoms. The van der Waals surface area contributed by atoms with Crippen molar-refractivity contribution in [2.75, 3.05) is 40.4 Å². The molecule has 0 radical (unpaired) electrons. The summed E-state index contributed by atoms with van der Waals surface area (Å²) in [7, 11) is 8.18. The van der Waals surface area contributed by atoms with Crippen LogP contribution in [0.5, 0.6) is 23.0 Å². The molecule has 1 aliphatic heterocycles. The minimum atomic E-state index is -0.492. The molecule has 4 rings (SSSR count). The first kappa shape index (κ1) is 26.6. The van der Waals surface area contributed by atoms with E-state index in [0.717, 1.165) is 31.2 Å². The average molecular weight is 511 g/mol. The third kappa shape index (κ3) is 5.33. The van der Waals surface area contributed by atoms with E-state index in [1.807, 2.05) is 36.2 Å². The molecule has 0 aromatic heterocycles. The molecule has 1 aliphatic carbocycles. The van der Waals surface area contributed by atoms with Crippen molar-refractivity contribution in [3.8, 4) is 23.0 Å². The SMILES string of the molecule is COc1ccc([C@H]2[C@@H](C(=O)N(C)C3CCCCC3)CCC(=O)N2c2cc(OC)c(OC)c(OC)c2)cc1. The Hall–Kier alpha value is -3.42. The van der Waals surface area contributed by atoms with Crippen LogP contribution < -0.4 is 23.8 Å². The zero-order chi connectivity index (χ0) is 26.5. The van der Waals surface area contributed by atoms with E-state index < -0.39 is 12.0 Å². The number of piperidine rings is 1. The van der Waals surface area contributed by atoms with Gasteiger partial charge in [-0.1, -0.05) is 31.4 Å². The molecule has 2 atom stereocenters. The monoisotopic (exact) mass is 510 g/mol. The van der Waals surface area contributed by atoms with Crippen molar-refractivity contribution in [2.24, 2.45) is 5.92 Å². The van der Waals surface area contributed by atoms with E-state index in [1.165, 1.54) is 6.42 Å². The van der Waals surface area contributed by atoms with E-state index in [0.29, 0.717) is 35.1 Å². The van der Waals surface area contributed by atoms with Crippen LogP contribution in [0.4, 0.5) is 5.69 Å². The second-order valence-electron chi connectivity index (χ2n) is 9.75. The molecule has 1 saturated carbocycles. The van der Waals surface area contributed by atoms with Gasteiger partial charge in [-0.3, -0.25) is 9.59 Å². The van der Waals surface area contributed by atoms with Gasteiger partial charge in [-0.15, -0.1) is 0 Å². The van der Waals surface area contributed by atoms with Crippen LogP contribution in [0.2, 0.25) is 0 Å². The third-order valence-corrected chi connectivity index (χ3v) is 7.77. The number of nitrogens with zero attached hydrogens (tertiary/aromatic N) is 2. The van der Waals surface area contributed by atoms with Crippen molar-refractivity contribution < 1.29 is 28.5 Å². The predicted octanol–water partition coefficient (Wildman–Crippen LogP) is 5.00. The summed E-state index contributed by atoms with van der Waals surface area (Å²) in [5.41, 5.74) is 1.47. The van der Waals surface area contributed by atoms with Crippen LogP contribution in [0.25, 0.3) is 0 Å². The summed E-state index contributed by atoms with van der Waals surface area (Å²) in [4.78, 5) is 31.2. The first-order valence-electron chi connectivity index (χ1n) is 13.0. The second kappa shape index (κ2) is 11.8. The number of anilines is 1. The molecule has 0 bridgehead atoms. The largest absolute Gasteiger partial charge is 0.497 e. The summed E-state index contributed by atoms with van der Waals surface area (Å²) in [6.45, 7) is 0. The van der Waals surface area contributed by atoms with Crippen LogP contribution in [0.1, 0.15) is 56.6 Å². The molecular weight excluding hydrogens is 472 g/mol. The Morgan fingerprint density at radius 1 is 0.865 bits per heavy atom. The quantitative estimate of drug-likeness (QED) is 0.498. The number of hydrogen-bond donors (Lipinski definition) is 0. The van der Waals surface area contributed by atoms with Gasteiger partial charge in [0.05, 0.1) is 46.1 Å². The molecule has 37 heavy (non-hydrogen) atoms. The fourth-order valence-corrected chi connectivity index (χ4v) is 5.75. The molecule has 0 spiro atoms. The normalized spacial score (nSPS) is 20.4. The zero-order valence-corrected chi connectivity index (χ0v) is 22.5. The number of methoxy groups -OCH3 is 4. The summed E-state index contributed by atoms with van der Waals surface area (Å²) in [6, 6.07) is 10.9. The molecular formula is C29H38N2O6. The number of hydrogen-bond acceptors (Lipinski definition) is 6. The van der Waals surface area contributed by atoms with Gasteiger partial charge in [0.15, 0.2) is 11.5 Å². The molecule has 2 amide bonds. The summed E-state index contributed by atoms with van der Waals surface area (Å²) in [5, 5.41) is 0. The molecule has 2 fully saturated rings. The Kier molecular flexibility index (Phi) is 8.46. The topological polar surface area (TPSA) is 77.5 Å². The Labute approximate surface area is 219 Å². The number of rotatable bonds is 8. The predicted molar refractivity (Wildman–Crippen MR) is 142 cm³/mol. The highest BCUT2D eigenvalue weighted by atomic mass is 16.5. The van der Waals surface area contributed by atoms with Gasteiger partial charge in [0.1, 0.15) is 5.75 Å². The van der Waals surface area contributed by atoms with Crippen LogP contribution in [-0.4, -0.2) is 58.2 Å². The Morgan fingerprint density at radius 3 is 2.03 bits per heavy atom. The van der Waals surface area contributed by atoms with E-state index in [9.17, 15) is 9.59 Å². The van der Waals surface area contributed by atoms with Crippen LogP contribution >= 0.6 is 0 Å². The average Bonchev–Trinajstić information content (AvgIpc) is 2.95. The molecule has 2 aromatic rings. The summed E-state index contributed by atoms with van der Waals surface area (Å²) >= 11 is 0. The van der Waals surface area contributed by atoms with Crippen LogP contribution in [-0.2, 0) is 9.59 Å². The number of ether oxygens (including phenoxy) is 4. The number of amides is 2. The Bertz CT molecular complexity index is 1070. The highest BCUT2D eigenvalue weighted by molar-refractivity contribution is 5.98. The fraction of sp³-hybridized carbons (Fsp3) is 0.517. The van der Waals surface area contributed by atoms with Crippen molar-refractivity contribution >= 4 is 17.5 Å². The lowest BCUT2D eigenvalue weighted by Crippen LogP contribution is -2.50. The highest BCUT2D eigenvalue weighted by Gasteiger charge is 2.43. The first-order valence-corrected chi connectivity index (χ1v) is 13.0. The van der Waals surface area contributed by atoms with Crippen molar-refractivity contribution in [2.45, 2.75) is 57.0 Å². The maximum atomic E-state index is 14.0. The van der Waals surface area contributed by atoms with Gasteiger partial charge in [-0.2, -0.15) is 0 Å². The smallest absolute Gasteiger partial charge is 0.228 e. The zero-order valence-electron chi connectivity index (χ0n) is 22.5. The van der Waals surface area contributed by atoms with Gasteiger partial charge < -0.3 is 28.7 Å². The number of carbonyl (C=O) groups is 2. The van der Waals surface area contributed by atoms with Gasteiger partial charge in [0.25, 0.3) is 0 Å². The van der Waals surface area contributed by atoms with Gasteiger partial charge in [-0.05, 0) is 37.0 Å². The first-order chi connectivity index (χ1) is 17.9. The lowest BCUT2D eigenvalue weighted by Gasteiger charge is -2.43. The molecule has 0 unspecified atom stereocenters. The number of benzene rings is 2. The maximum Gasteiger partial charge on any atom is 0.228 e. The van der Waals surface area contributed by atoms with E-state index >= 15 is 0 Å². The van der Waals surface area contributed by atoms with Gasteiger partial charge >= 0.3 is 0 Å². The van der Waals surface area contributed by atoms with Crippen molar-refractivity contribution in [3.63, 3.8) is 0 Å². The molecule has 2 aliphatic rings.